The third-order valence-corrected chi connectivity index (χ3v) is 6.29. The zero-order chi connectivity index (χ0) is 23.8. The second-order valence-electron chi connectivity index (χ2n) is 8.66. The number of aromatic nitrogens is 3. The summed E-state index contributed by atoms with van der Waals surface area (Å²) in [5, 5.41) is 21.0. The van der Waals surface area contributed by atoms with Crippen LogP contribution in [-0.4, -0.2) is 41.5 Å². The monoisotopic (exact) mass is 458 g/mol. The van der Waals surface area contributed by atoms with Gasteiger partial charge < -0.3 is 10.2 Å². The molecule has 3 heterocycles. The Morgan fingerprint density at radius 2 is 2.12 bits per heavy atom. The molecule has 2 aromatic carbocycles. The molecule has 0 amide bonds. The molecule has 172 valence electrons. The van der Waals surface area contributed by atoms with E-state index in [1.54, 1.807) is 12.3 Å². The van der Waals surface area contributed by atoms with Gasteiger partial charge in [-0.05, 0) is 61.9 Å². The van der Waals surface area contributed by atoms with Gasteiger partial charge in [-0.1, -0.05) is 6.07 Å². The highest BCUT2D eigenvalue weighted by Gasteiger charge is 2.23. The Labute approximate surface area is 196 Å². The number of aryl methyl sites for hydroxylation is 1. The number of aromatic amines is 1. The van der Waals surface area contributed by atoms with Crippen molar-refractivity contribution in [3.63, 3.8) is 0 Å². The van der Waals surface area contributed by atoms with Gasteiger partial charge in [-0.3, -0.25) is 5.10 Å². The van der Waals surface area contributed by atoms with Crippen molar-refractivity contribution in [3.05, 3.63) is 65.1 Å². The zero-order valence-corrected chi connectivity index (χ0v) is 19.0. The van der Waals surface area contributed by atoms with Crippen LogP contribution in [0.4, 0.5) is 14.6 Å². The number of fused-ring (bicyclic) bond motifs is 1. The van der Waals surface area contributed by atoms with E-state index in [0.717, 1.165) is 27.9 Å². The second kappa shape index (κ2) is 8.84. The van der Waals surface area contributed by atoms with Gasteiger partial charge in [0.25, 0.3) is 0 Å². The molecule has 0 bridgehead atoms. The van der Waals surface area contributed by atoms with Gasteiger partial charge in [0.1, 0.15) is 23.5 Å². The standard InChI is InChI=1S/C26H24F2N6/c1-15-7-16(12-30-2)8-22(28)25(15)20-10-21-23(9-18(20)11-29)32-33-26(21)17-3-4-24(31-13-17)34-6-5-19(27)14-34/h3-4,7-10,13,19,30H,5-6,12,14H2,1-2H3,(H,32,33)/t19-/m0/s1. The second-order valence-corrected chi connectivity index (χ2v) is 8.66. The van der Waals surface area contributed by atoms with E-state index in [9.17, 15) is 9.65 Å². The average molecular weight is 459 g/mol. The summed E-state index contributed by atoms with van der Waals surface area (Å²) < 4.78 is 28.8. The minimum Gasteiger partial charge on any atom is -0.354 e. The lowest BCUT2D eigenvalue weighted by atomic mass is 9.92. The molecule has 8 heteroatoms. The summed E-state index contributed by atoms with van der Waals surface area (Å²) >= 11 is 0. The number of alkyl halides is 1. The average Bonchev–Trinajstić information content (AvgIpc) is 3.44. The molecule has 1 atom stereocenters. The van der Waals surface area contributed by atoms with Crippen molar-refractivity contribution in [1.82, 2.24) is 20.5 Å². The largest absolute Gasteiger partial charge is 0.354 e. The summed E-state index contributed by atoms with van der Waals surface area (Å²) in [5.41, 5.74) is 5.03. The van der Waals surface area contributed by atoms with Gasteiger partial charge in [0.15, 0.2) is 0 Å². The highest BCUT2D eigenvalue weighted by atomic mass is 19.1. The fourth-order valence-corrected chi connectivity index (χ4v) is 4.69. The molecular formula is C26H24F2N6. The van der Waals surface area contributed by atoms with Crippen LogP contribution in [0.2, 0.25) is 0 Å². The van der Waals surface area contributed by atoms with Crippen LogP contribution in [0.25, 0.3) is 33.3 Å². The Bertz CT molecular complexity index is 1380. The van der Waals surface area contributed by atoms with E-state index < -0.39 is 6.17 Å². The maximum Gasteiger partial charge on any atom is 0.131 e. The van der Waals surface area contributed by atoms with Crippen LogP contribution in [0.15, 0.2) is 42.6 Å². The Hall–Kier alpha value is -3.83. The number of hydrogen-bond acceptors (Lipinski definition) is 5. The lowest BCUT2D eigenvalue weighted by molar-refractivity contribution is 0.364. The summed E-state index contributed by atoms with van der Waals surface area (Å²) in [6.07, 6.45) is 1.41. The molecule has 1 saturated heterocycles. The summed E-state index contributed by atoms with van der Waals surface area (Å²) in [5.74, 6) is 0.365. The predicted molar refractivity (Wildman–Crippen MR) is 129 cm³/mol. The van der Waals surface area contributed by atoms with Gasteiger partial charge in [-0.15, -0.1) is 0 Å². The number of H-pyrrole nitrogens is 1. The molecule has 0 saturated carbocycles. The van der Waals surface area contributed by atoms with Crippen LogP contribution in [0.3, 0.4) is 0 Å². The van der Waals surface area contributed by atoms with Gasteiger partial charge >= 0.3 is 0 Å². The molecule has 2 aromatic heterocycles. The first-order valence-corrected chi connectivity index (χ1v) is 11.2. The Morgan fingerprint density at radius 1 is 1.26 bits per heavy atom. The van der Waals surface area contributed by atoms with Crippen LogP contribution in [0.5, 0.6) is 0 Å². The van der Waals surface area contributed by atoms with E-state index in [0.29, 0.717) is 54.0 Å². The fraction of sp³-hybridized carbons (Fsp3) is 0.269. The Kier molecular flexibility index (Phi) is 5.72. The molecule has 34 heavy (non-hydrogen) atoms. The molecule has 0 radical (unpaired) electrons. The van der Waals surface area contributed by atoms with Crippen LogP contribution < -0.4 is 10.2 Å². The number of hydrogen-bond donors (Lipinski definition) is 2. The Balaban J connectivity index is 1.58. The lowest BCUT2D eigenvalue weighted by Gasteiger charge is -2.16. The van der Waals surface area contributed by atoms with Crippen LogP contribution in [0, 0.1) is 24.1 Å². The van der Waals surface area contributed by atoms with Crippen molar-refractivity contribution >= 4 is 16.7 Å². The number of pyridine rings is 1. The number of anilines is 1. The molecule has 6 nitrogen and oxygen atoms in total. The summed E-state index contributed by atoms with van der Waals surface area (Å²) in [6.45, 7) is 3.41. The van der Waals surface area contributed by atoms with E-state index in [1.165, 1.54) is 6.07 Å². The van der Waals surface area contributed by atoms with Gasteiger partial charge in [-0.2, -0.15) is 10.4 Å². The lowest BCUT2D eigenvalue weighted by Crippen LogP contribution is -2.20. The van der Waals surface area contributed by atoms with E-state index >= 15 is 4.39 Å². The number of nitrogens with one attached hydrogen (secondary N) is 2. The maximum atomic E-state index is 15.2. The SMILES string of the molecule is CNCc1cc(C)c(-c2cc3c(-c4ccc(N5CC[C@H](F)C5)nc4)n[nH]c3cc2C#N)c(F)c1. The molecule has 0 aliphatic carbocycles. The highest BCUT2D eigenvalue weighted by Crippen LogP contribution is 2.36. The van der Waals surface area contributed by atoms with Crippen molar-refractivity contribution in [3.8, 4) is 28.5 Å². The predicted octanol–water partition coefficient (Wildman–Crippen LogP) is 4.88. The molecule has 0 unspecified atom stereocenters. The first-order chi connectivity index (χ1) is 16.5. The van der Waals surface area contributed by atoms with Crippen molar-refractivity contribution in [2.45, 2.75) is 26.1 Å². The number of rotatable bonds is 5. The quantitative estimate of drug-likeness (QED) is 0.446. The van der Waals surface area contributed by atoms with Crippen LogP contribution >= 0.6 is 0 Å². The van der Waals surface area contributed by atoms with Gasteiger partial charge in [0.05, 0.1) is 23.7 Å². The maximum absolute atomic E-state index is 15.2. The summed E-state index contributed by atoms with van der Waals surface area (Å²) in [7, 11) is 1.81. The van der Waals surface area contributed by atoms with Crippen molar-refractivity contribution in [1.29, 1.82) is 5.26 Å². The van der Waals surface area contributed by atoms with E-state index in [-0.39, 0.29) is 5.82 Å². The molecule has 1 aliphatic rings. The van der Waals surface area contributed by atoms with E-state index in [2.05, 4.69) is 26.6 Å². The summed E-state index contributed by atoms with van der Waals surface area (Å²) in [4.78, 5) is 6.44. The molecule has 1 aliphatic heterocycles. The van der Waals surface area contributed by atoms with Gasteiger partial charge in [-0.25, -0.2) is 13.8 Å². The normalized spacial score (nSPS) is 15.7. The molecule has 1 fully saturated rings. The molecular weight excluding hydrogens is 434 g/mol. The third-order valence-electron chi connectivity index (χ3n) is 6.29. The number of benzene rings is 2. The van der Waals surface area contributed by atoms with E-state index in [4.69, 9.17) is 0 Å². The Morgan fingerprint density at radius 3 is 2.76 bits per heavy atom. The minimum absolute atomic E-state index is 0.357. The fourth-order valence-electron chi connectivity index (χ4n) is 4.69. The van der Waals surface area contributed by atoms with Crippen LogP contribution in [0.1, 0.15) is 23.1 Å². The third kappa shape index (κ3) is 3.88. The molecule has 2 N–H and O–H groups in total. The first kappa shape index (κ1) is 22.0. The molecule has 0 spiro atoms. The number of nitrogens with zero attached hydrogens (tertiary/aromatic N) is 4. The minimum atomic E-state index is -0.819. The topological polar surface area (TPSA) is 80.6 Å². The van der Waals surface area contributed by atoms with Crippen LogP contribution in [-0.2, 0) is 6.54 Å². The molecule has 4 aromatic rings. The van der Waals surface area contributed by atoms with Gasteiger partial charge in [0.2, 0.25) is 0 Å². The number of nitriles is 1. The molecule has 5 rings (SSSR count). The van der Waals surface area contributed by atoms with E-state index in [1.807, 2.05) is 43.1 Å². The first-order valence-electron chi connectivity index (χ1n) is 11.2. The summed E-state index contributed by atoms with van der Waals surface area (Å²) in [6, 6.07) is 12.9. The van der Waals surface area contributed by atoms with Crippen molar-refractivity contribution in [2.24, 2.45) is 0 Å². The zero-order valence-electron chi connectivity index (χ0n) is 19.0. The van der Waals surface area contributed by atoms with Crippen molar-refractivity contribution < 1.29 is 8.78 Å². The number of halogens is 2. The van der Waals surface area contributed by atoms with Crippen molar-refractivity contribution in [2.75, 3.05) is 25.0 Å². The van der Waals surface area contributed by atoms with Gasteiger partial charge in [0, 0.05) is 41.4 Å². The highest BCUT2D eigenvalue weighted by molar-refractivity contribution is 5.97. The smallest absolute Gasteiger partial charge is 0.131 e.